The summed E-state index contributed by atoms with van der Waals surface area (Å²) in [5.74, 6) is 0.107. The largest absolute Gasteiger partial charge is 0.443 e. The number of benzene rings is 2. The van der Waals surface area contributed by atoms with E-state index in [1.807, 2.05) is 54.6 Å². The number of hydrogen-bond acceptors (Lipinski definition) is 7. The zero-order valence-electron chi connectivity index (χ0n) is 24.2. The van der Waals surface area contributed by atoms with Crippen molar-refractivity contribution >= 4 is 17.6 Å². The lowest BCUT2D eigenvalue weighted by molar-refractivity contribution is -0.126. The number of nitrogens with one attached hydrogen (secondary N) is 1. The van der Waals surface area contributed by atoms with Crippen LogP contribution in [-0.4, -0.2) is 56.7 Å². The molecule has 1 aliphatic rings. The van der Waals surface area contributed by atoms with Gasteiger partial charge in [-0.15, -0.1) is 10.2 Å². The number of amides is 2. The maximum absolute atomic E-state index is 13.0. The number of nitrogens with zero attached hydrogens (tertiary/aromatic N) is 4. The molecule has 1 fully saturated rings. The molecule has 1 atom stereocenters. The number of carbonyl (C=O) groups is 2. The molecule has 2 aromatic carbocycles. The van der Waals surface area contributed by atoms with Crippen LogP contribution in [0.15, 0.2) is 72.8 Å². The summed E-state index contributed by atoms with van der Waals surface area (Å²) in [5.41, 5.74) is 9.44. The van der Waals surface area contributed by atoms with E-state index in [9.17, 15) is 9.59 Å². The number of hydrogen-bond donors (Lipinski definition) is 2. The van der Waals surface area contributed by atoms with Gasteiger partial charge in [-0.2, -0.15) is 0 Å². The first kappa shape index (κ1) is 29.2. The molecule has 4 aromatic rings. The highest BCUT2D eigenvalue weighted by Gasteiger charge is 2.29. The molecule has 220 valence electrons. The summed E-state index contributed by atoms with van der Waals surface area (Å²) in [4.78, 5) is 27.5. The van der Waals surface area contributed by atoms with Crippen LogP contribution in [0.5, 0.6) is 0 Å². The summed E-state index contributed by atoms with van der Waals surface area (Å²) in [5, 5.41) is 11.8. The number of ether oxygens (including phenoxy) is 2. The van der Waals surface area contributed by atoms with Gasteiger partial charge in [-0.3, -0.25) is 9.20 Å². The molecule has 42 heavy (non-hydrogen) atoms. The summed E-state index contributed by atoms with van der Waals surface area (Å²) in [6, 6.07) is 23.0. The minimum absolute atomic E-state index is 0.0338. The Morgan fingerprint density at radius 2 is 1.67 bits per heavy atom. The van der Waals surface area contributed by atoms with E-state index in [2.05, 4.69) is 33.7 Å². The van der Waals surface area contributed by atoms with E-state index in [1.165, 1.54) is 0 Å². The van der Waals surface area contributed by atoms with E-state index in [0.29, 0.717) is 36.9 Å². The average Bonchev–Trinajstić information content (AvgIpc) is 3.45. The lowest BCUT2D eigenvalue weighted by atomic mass is 10.0. The third-order valence-corrected chi connectivity index (χ3v) is 7.34. The Bertz CT molecular complexity index is 1510. The first-order valence-electron chi connectivity index (χ1n) is 14.4. The van der Waals surface area contributed by atoms with Crippen LogP contribution in [0.25, 0.3) is 16.8 Å². The molecular weight excluding hydrogens is 532 g/mol. The van der Waals surface area contributed by atoms with E-state index < -0.39 is 11.6 Å². The molecule has 2 aromatic heterocycles. The molecule has 1 aliphatic heterocycles. The number of likely N-dealkylation sites (tertiary alicyclic amines) is 1. The number of pyridine rings is 1. The Kier molecular flexibility index (Phi) is 9.14. The third kappa shape index (κ3) is 6.95. The molecule has 2 amide bonds. The molecular formula is C32H38N6O4. The Morgan fingerprint density at radius 3 is 2.43 bits per heavy atom. The van der Waals surface area contributed by atoms with Crippen LogP contribution in [0, 0.1) is 0 Å². The lowest BCUT2D eigenvalue weighted by Crippen LogP contribution is -2.51. The Hall–Kier alpha value is -4.28. The first-order valence-corrected chi connectivity index (χ1v) is 14.4. The summed E-state index contributed by atoms with van der Waals surface area (Å²) in [6.07, 6.45) is 2.75. The molecule has 5 rings (SSSR count). The van der Waals surface area contributed by atoms with Crippen molar-refractivity contribution in [1.29, 1.82) is 0 Å². The zero-order chi connectivity index (χ0) is 29.5. The van der Waals surface area contributed by atoms with Gasteiger partial charge >= 0.3 is 6.09 Å². The van der Waals surface area contributed by atoms with Crippen molar-refractivity contribution in [3.8, 4) is 11.1 Å². The van der Waals surface area contributed by atoms with Crippen LogP contribution in [0.3, 0.4) is 0 Å². The standard InChI is InChI=1S/C32H38N6O4/c1-32(2,33)30(39)34-27(22-41-20-24-14-7-8-16-26(24)23-12-5-3-6-13-23)29-36-35-28-17-11-15-25(38(28)29)21-42-31(40)37-18-9-4-10-19-37/h3,5-8,11-17,27H,4,9-10,18-22,33H2,1-2H3,(H,34,39)/t27-/m1/s1. The predicted octanol–water partition coefficient (Wildman–Crippen LogP) is 4.63. The average molecular weight is 571 g/mol. The molecule has 0 bridgehead atoms. The smallest absolute Gasteiger partial charge is 0.410 e. The molecule has 10 heteroatoms. The topological polar surface area (TPSA) is 124 Å². The molecule has 0 spiro atoms. The number of nitrogens with two attached hydrogens (primary N) is 1. The molecule has 3 N–H and O–H groups in total. The quantitative estimate of drug-likeness (QED) is 0.285. The molecule has 0 saturated carbocycles. The van der Waals surface area contributed by atoms with Gasteiger partial charge in [0.25, 0.3) is 0 Å². The van der Waals surface area contributed by atoms with E-state index in [-0.39, 0.29) is 25.2 Å². The van der Waals surface area contributed by atoms with E-state index in [1.54, 1.807) is 23.1 Å². The van der Waals surface area contributed by atoms with Gasteiger partial charge in [-0.25, -0.2) is 4.79 Å². The van der Waals surface area contributed by atoms with E-state index in [0.717, 1.165) is 36.0 Å². The second kappa shape index (κ2) is 13.1. The number of rotatable bonds is 10. The third-order valence-electron chi connectivity index (χ3n) is 7.34. The van der Waals surface area contributed by atoms with Gasteiger partial charge in [0.05, 0.1) is 24.4 Å². The number of fused-ring (bicyclic) bond motifs is 1. The molecule has 10 nitrogen and oxygen atoms in total. The van der Waals surface area contributed by atoms with E-state index in [4.69, 9.17) is 15.2 Å². The fourth-order valence-corrected chi connectivity index (χ4v) is 5.03. The SMILES string of the molecule is CC(C)(N)C(=O)N[C@H](COCc1ccccc1-c1ccccc1)c1nnc2cccc(COC(=O)N3CCCCC3)n12. The van der Waals surface area contributed by atoms with Crippen molar-refractivity contribution in [2.24, 2.45) is 5.73 Å². The monoisotopic (exact) mass is 570 g/mol. The van der Waals surface area contributed by atoms with Crippen molar-refractivity contribution in [1.82, 2.24) is 24.8 Å². The second-order valence-corrected chi connectivity index (χ2v) is 11.2. The normalized spacial score (nSPS) is 14.5. The summed E-state index contributed by atoms with van der Waals surface area (Å²) >= 11 is 0. The lowest BCUT2D eigenvalue weighted by Gasteiger charge is -2.26. The molecule has 3 heterocycles. The minimum Gasteiger partial charge on any atom is -0.443 e. The summed E-state index contributed by atoms with van der Waals surface area (Å²) in [6.45, 7) is 5.16. The summed E-state index contributed by atoms with van der Waals surface area (Å²) in [7, 11) is 0. The Labute approximate surface area is 245 Å². The highest BCUT2D eigenvalue weighted by molar-refractivity contribution is 5.85. The Morgan fingerprint density at radius 1 is 0.929 bits per heavy atom. The van der Waals surface area contributed by atoms with Crippen LogP contribution < -0.4 is 11.1 Å². The number of piperidine rings is 1. The van der Waals surface area contributed by atoms with Gasteiger partial charge in [0.2, 0.25) is 5.91 Å². The van der Waals surface area contributed by atoms with Gasteiger partial charge in [0.1, 0.15) is 12.6 Å². The molecule has 1 saturated heterocycles. The fraction of sp³-hybridized carbons (Fsp3) is 0.375. The maximum atomic E-state index is 13.0. The molecule has 0 aliphatic carbocycles. The maximum Gasteiger partial charge on any atom is 0.410 e. The molecule has 0 radical (unpaired) electrons. The predicted molar refractivity (Wildman–Crippen MR) is 159 cm³/mol. The highest BCUT2D eigenvalue weighted by Crippen LogP contribution is 2.25. The van der Waals surface area contributed by atoms with Gasteiger partial charge in [-0.1, -0.05) is 60.7 Å². The highest BCUT2D eigenvalue weighted by atomic mass is 16.6. The Balaban J connectivity index is 1.37. The van der Waals surface area contributed by atoms with Crippen LogP contribution in [0.2, 0.25) is 0 Å². The van der Waals surface area contributed by atoms with Gasteiger partial charge in [0, 0.05) is 13.1 Å². The van der Waals surface area contributed by atoms with Crippen molar-refractivity contribution in [2.45, 2.75) is 57.9 Å². The fourth-order valence-electron chi connectivity index (χ4n) is 5.03. The van der Waals surface area contributed by atoms with Crippen LogP contribution in [0.4, 0.5) is 4.79 Å². The van der Waals surface area contributed by atoms with Gasteiger partial charge in [-0.05, 0) is 61.9 Å². The van der Waals surface area contributed by atoms with Crippen molar-refractivity contribution in [2.75, 3.05) is 19.7 Å². The second-order valence-electron chi connectivity index (χ2n) is 11.2. The zero-order valence-corrected chi connectivity index (χ0v) is 24.2. The minimum atomic E-state index is -1.12. The van der Waals surface area contributed by atoms with E-state index >= 15 is 0 Å². The van der Waals surface area contributed by atoms with Crippen LogP contribution in [0.1, 0.15) is 56.2 Å². The van der Waals surface area contributed by atoms with Crippen LogP contribution in [-0.2, 0) is 27.5 Å². The van der Waals surface area contributed by atoms with Crippen molar-refractivity contribution in [3.63, 3.8) is 0 Å². The van der Waals surface area contributed by atoms with Crippen LogP contribution >= 0.6 is 0 Å². The van der Waals surface area contributed by atoms with Crippen molar-refractivity contribution in [3.05, 3.63) is 89.9 Å². The van der Waals surface area contributed by atoms with Gasteiger partial charge in [0.15, 0.2) is 11.5 Å². The first-order chi connectivity index (χ1) is 20.3. The molecule has 0 unspecified atom stereocenters. The van der Waals surface area contributed by atoms with Crippen molar-refractivity contribution < 1.29 is 19.1 Å². The number of carbonyl (C=O) groups excluding carboxylic acids is 2. The summed E-state index contributed by atoms with van der Waals surface area (Å²) < 4.78 is 13.7. The number of aromatic nitrogens is 3. The van der Waals surface area contributed by atoms with Gasteiger partial charge < -0.3 is 25.4 Å².